The number of nitrogens with one attached hydrogen (secondary N) is 1. The molecular weight excluding hydrogens is 202 g/mol. The molecule has 1 heterocycles. The standard InChI is InChI=1S/C13H23NS/c1-3-5-6-7-13(14-9-4-2)12-8-10-15-11-12/h8,10-11,13-14H,3-7,9H2,1-2H3. The van der Waals surface area contributed by atoms with E-state index in [0.29, 0.717) is 6.04 Å². The van der Waals surface area contributed by atoms with Crippen molar-refractivity contribution in [1.82, 2.24) is 5.32 Å². The maximum absolute atomic E-state index is 3.64. The highest BCUT2D eigenvalue weighted by Crippen LogP contribution is 2.22. The zero-order chi connectivity index (χ0) is 10.9. The monoisotopic (exact) mass is 225 g/mol. The summed E-state index contributed by atoms with van der Waals surface area (Å²) in [6, 6.07) is 2.84. The Morgan fingerprint density at radius 3 is 2.73 bits per heavy atom. The minimum atomic E-state index is 0.586. The molecule has 1 nitrogen and oxygen atoms in total. The summed E-state index contributed by atoms with van der Waals surface area (Å²) in [5, 5.41) is 8.09. The van der Waals surface area contributed by atoms with E-state index >= 15 is 0 Å². The van der Waals surface area contributed by atoms with E-state index in [1.54, 1.807) is 11.3 Å². The Labute approximate surface area is 97.9 Å². The molecule has 0 aliphatic rings. The van der Waals surface area contributed by atoms with Crippen molar-refractivity contribution in [2.24, 2.45) is 0 Å². The molecule has 2 heteroatoms. The molecule has 0 saturated heterocycles. The van der Waals surface area contributed by atoms with Gasteiger partial charge in [0.2, 0.25) is 0 Å². The summed E-state index contributed by atoms with van der Waals surface area (Å²) >= 11 is 1.80. The van der Waals surface area contributed by atoms with E-state index in [4.69, 9.17) is 0 Å². The Morgan fingerprint density at radius 1 is 1.27 bits per heavy atom. The average Bonchev–Trinajstić information content (AvgIpc) is 2.76. The van der Waals surface area contributed by atoms with Gasteiger partial charge in [-0.2, -0.15) is 11.3 Å². The van der Waals surface area contributed by atoms with Gasteiger partial charge in [0.05, 0.1) is 0 Å². The SMILES string of the molecule is CCCCCC(NCCC)c1ccsc1. The normalized spacial score (nSPS) is 12.9. The minimum absolute atomic E-state index is 0.586. The van der Waals surface area contributed by atoms with E-state index in [1.165, 1.54) is 37.7 Å². The molecule has 15 heavy (non-hydrogen) atoms. The Morgan fingerprint density at radius 2 is 2.13 bits per heavy atom. The van der Waals surface area contributed by atoms with Crippen molar-refractivity contribution >= 4 is 11.3 Å². The third-order valence-corrected chi connectivity index (χ3v) is 3.38. The number of unbranched alkanes of at least 4 members (excludes halogenated alkanes) is 2. The molecule has 1 atom stereocenters. The Kier molecular flexibility index (Phi) is 6.69. The molecule has 0 fully saturated rings. The Bertz CT molecular complexity index is 231. The van der Waals surface area contributed by atoms with Gasteiger partial charge in [0.25, 0.3) is 0 Å². The smallest absolute Gasteiger partial charge is 0.0328 e. The molecule has 0 radical (unpaired) electrons. The van der Waals surface area contributed by atoms with Gasteiger partial charge in [0, 0.05) is 6.04 Å². The predicted octanol–water partition coefficient (Wildman–Crippen LogP) is 4.37. The van der Waals surface area contributed by atoms with Gasteiger partial charge >= 0.3 is 0 Å². The number of rotatable bonds is 8. The van der Waals surface area contributed by atoms with Crippen LogP contribution in [0.25, 0.3) is 0 Å². The zero-order valence-corrected chi connectivity index (χ0v) is 10.8. The summed E-state index contributed by atoms with van der Waals surface area (Å²) in [7, 11) is 0. The van der Waals surface area contributed by atoms with Crippen molar-refractivity contribution in [2.45, 2.75) is 52.0 Å². The fraction of sp³-hybridized carbons (Fsp3) is 0.692. The average molecular weight is 225 g/mol. The highest BCUT2D eigenvalue weighted by molar-refractivity contribution is 7.07. The fourth-order valence-corrected chi connectivity index (χ4v) is 2.49. The van der Waals surface area contributed by atoms with Crippen molar-refractivity contribution in [1.29, 1.82) is 0 Å². The summed E-state index contributed by atoms with van der Waals surface area (Å²) in [5.41, 5.74) is 1.48. The quantitative estimate of drug-likeness (QED) is 0.648. The van der Waals surface area contributed by atoms with Crippen LogP contribution in [0.3, 0.4) is 0 Å². The second kappa shape index (κ2) is 7.89. The van der Waals surface area contributed by atoms with Gasteiger partial charge in [-0.15, -0.1) is 0 Å². The molecule has 1 unspecified atom stereocenters. The van der Waals surface area contributed by atoms with E-state index in [0.717, 1.165) is 6.54 Å². The summed E-state index contributed by atoms with van der Waals surface area (Å²) in [6.45, 7) is 5.62. The molecular formula is C13H23NS. The number of thiophene rings is 1. The van der Waals surface area contributed by atoms with Crippen LogP contribution < -0.4 is 5.32 Å². The Hall–Kier alpha value is -0.340. The molecule has 0 aromatic carbocycles. The van der Waals surface area contributed by atoms with E-state index in [9.17, 15) is 0 Å². The highest BCUT2D eigenvalue weighted by atomic mass is 32.1. The van der Waals surface area contributed by atoms with Crippen molar-refractivity contribution in [2.75, 3.05) is 6.54 Å². The third-order valence-electron chi connectivity index (χ3n) is 2.68. The summed E-state index contributed by atoms with van der Waals surface area (Å²) in [5.74, 6) is 0. The topological polar surface area (TPSA) is 12.0 Å². The van der Waals surface area contributed by atoms with Gasteiger partial charge in [-0.05, 0) is 41.8 Å². The van der Waals surface area contributed by atoms with E-state index < -0.39 is 0 Å². The molecule has 1 N–H and O–H groups in total. The molecule has 0 spiro atoms. The molecule has 86 valence electrons. The molecule has 0 aliphatic carbocycles. The lowest BCUT2D eigenvalue weighted by molar-refractivity contribution is 0.475. The van der Waals surface area contributed by atoms with Crippen LogP contribution in [0.15, 0.2) is 16.8 Å². The molecule has 1 aromatic heterocycles. The lowest BCUT2D eigenvalue weighted by atomic mass is 10.0. The molecule has 0 aliphatic heterocycles. The largest absolute Gasteiger partial charge is 0.310 e. The van der Waals surface area contributed by atoms with Crippen LogP contribution in [0.2, 0.25) is 0 Å². The van der Waals surface area contributed by atoms with Crippen LogP contribution in [0.5, 0.6) is 0 Å². The van der Waals surface area contributed by atoms with Gasteiger partial charge in [0.15, 0.2) is 0 Å². The number of hydrogen-bond donors (Lipinski definition) is 1. The van der Waals surface area contributed by atoms with Crippen LogP contribution in [-0.2, 0) is 0 Å². The molecule has 0 saturated carbocycles. The van der Waals surface area contributed by atoms with Crippen molar-refractivity contribution in [3.05, 3.63) is 22.4 Å². The maximum atomic E-state index is 3.64. The first-order valence-corrected chi connectivity index (χ1v) is 7.08. The first kappa shape index (κ1) is 12.7. The molecule has 1 rings (SSSR count). The van der Waals surface area contributed by atoms with Crippen molar-refractivity contribution < 1.29 is 0 Å². The third kappa shape index (κ3) is 4.80. The van der Waals surface area contributed by atoms with Crippen LogP contribution in [-0.4, -0.2) is 6.54 Å². The van der Waals surface area contributed by atoms with E-state index in [1.807, 2.05) is 0 Å². The lowest BCUT2D eigenvalue weighted by Crippen LogP contribution is -2.21. The van der Waals surface area contributed by atoms with Crippen LogP contribution in [0, 0.1) is 0 Å². The number of hydrogen-bond acceptors (Lipinski definition) is 2. The molecule has 0 amide bonds. The van der Waals surface area contributed by atoms with Crippen molar-refractivity contribution in [3.63, 3.8) is 0 Å². The summed E-state index contributed by atoms with van der Waals surface area (Å²) in [4.78, 5) is 0. The first-order chi connectivity index (χ1) is 7.38. The summed E-state index contributed by atoms with van der Waals surface area (Å²) in [6.07, 6.45) is 6.51. The van der Waals surface area contributed by atoms with Crippen LogP contribution >= 0.6 is 11.3 Å². The van der Waals surface area contributed by atoms with E-state index in [-0.39, 0.29) is 0 Å². The van der Waals surface area contributed by atoms with E-state index in [2.05, 4.69) is 36.0 Å². The lowest BCUT2D eigenvalue weighted by Gasteiger charge is -2.17. The minimum Gasteiger partial charge on any atom is -0.310 e. The van der Waals surface area contributed by atoms with Gasteiger partial charge in [-0.3, -0.25) is 0 Å². The maximum Gasteiger partial charge on any atom is 0.0328 e. The van der Waals surface area contributed by atoms with Gasteiger partial charge in [0.1, 0.15) is 0 Å². The second-order valence-electron chi connectivity index (χ2n) is 4.06. The van der Waals surface area contributed by atoms with Crippen LogP contribution in [0.4, 0.5) is 0 Å². The zero-order valence-electron chi connectivity index (χ0n) is 9.96. The van der Waals surface area contributed by atoms with Gasteiger partial charge < -0.3 is 5.32 Å². The van der Waals surface area contributed by atoms with Gasteiger partial charge in [-0.25, -0.2) is 0 Å². The Balaban J connectivity index is 2.39. The molecule has 1 aromatic rings. The van der Waals surface area contributed by atoms with Crippen LogP contribution in [0.1, 0.15) is 57.6 Å². The second-order valence-corrected chi connectivity index (χ2v) is 4.84. The van der Waals surface area contributed by atoms with Crippen molar-refractivity contribution in [3.8, 4) is 0 Å². The van der Waals surface area contributed by atoms with Gasteiger partial charge in [-0.1, -0.05) is 33.1 Å². The summed E-state index contributed by atoms with van der Waals surface area (Å²) < 4.78 is 0. The predicted molar refractivity (Wildman–Crippen MR) is 69.5 cm³/mol. The molecule has 0 bridgehead atoms. The highest BCUT2D eigenvalue weighted by Gasteiger charge is 2.09. The first-order valence-electron chi connectivity index (χ1n) is 6.14. The fourth-order valence-electron chi connectivity index (χ4n) is 1.78.